The maximum atomic E-state index is 13.3. The summed E-state index contributed by atoms with van der Waals surface area (Å²) in [5.74, 6) is -2.24. The summed E-state index contributed by atoms with van der Waals surface area (Å²) in [6.45, 7) is 0.883. The number of hydrogen-bond acceptors (Lipinski definition) is 7. The zero-order valence-electron chi connectivity index (χ0n) is 18.5. The second-order valence-corrected chi connectivity index (χ2v) is 7.67. The Bertz CT molecular complexity index is 941. The Kier molecular flexibility index (Phi) is 8.56. The molecule has 1 fully saturated rings. The number of nitrogens with zero attached hydrogens (tertiary/aromatic N) is 2. The first-order chi connectivity index (χ1) is 16.0. The van der Waals surface area contributed by atoms with Gasteiger partial charge in [-0.15, -0.1) is 0 Å². The van der Waals surface area contributed by atoms with Crippen molar-refractivity contribution in [3.63, 3.8) is 0 Å². The number of hydrogen-bond donors (Lipinski definition) is 2. The van der Waals surface area contributed by atoms with Crippen molar-refractivity contribution in [1.82, 2.24) is 20.5 Å². The molecule has 2 aromatic rings. The fourth-order valence-electron chi connectivity index (χ4n) is 3.78. The van der Waals surface area contributed by atoms with Crippen LogP contribution in [0, 0.1) is 0 Å². The van der Waals surface area contributed by atoms with Crippen LogP contribution in [0.3, 0.4) is 0 Å². The van der Waals surface area contributed by atoms with E-state index in [9.17, 15) is 19.2 Å². The van der Waals surface area contributed by atoms with E-state index in [4.69, 9.17) is 9.15 Å². The molecule has 0 spiro atoms. The largest absolute Gasteiger partial charge is 0.465 e. The van der Waals surface area contributed by atoms with Crippen LogP contribution in [0.15, 0.2) is 47.3 Å². The van der Waals surface area contributed by atoms with Gasteiger partial charge in [0.2, 0.25) is 11.8 Å². The highest BCUT2D eigenvalue weighted by Gasteiger charge is 2.35. The van der Waals surface area contributed by atoms with Gasteiger partial charge < -0.3 is 24.7 Å². The lowest BCUT2D eigenvalue weighted by molar-refractivity contribution is -0.152. The Morgan fingerprint density at radius 3 is 2.64 bits per heavy atom. The van der Waals surface area contributed by atoms with Crippen LogP contribution in [0.4, 0.5) is 0 Å². The monoisotopic (exact) mass is 456 g/mol. The highest BCUT2D eigenvalue weighted by molar-refractivity contribution is 5.96. The maximum absolute atomic E-state index is 13.3. The number of aromatic nitrogens is 1. The number of furan rings is 1. The number of nitrogens with one attached hydrogen (secondary N) is 2. The van der Waals surface area contributed by atoms with Gasteiger partial charge in [-0.05, 0) is 38.0 Å². The second-order valence-electron chi connectivity index (χ2n) is 7.67. The lowest BCUT2D eigenvalue weighted by Gasteiger charge is -2.31. The van der Waals surface area contributed by atoms with Crippen LogP contribution >= 0.6 is 0 Å². The van der Waals surface area contributed by atoms with Crippen LogP contribution in [0.5, 0.6) is 0 Å². The third-order valence-corrected chi connectivity index (χ3v) is 5.33. The summed E-state index contributed by atoms with van der Waals surface area (Å²) in [7, 11) is 0. The number of amides is 3. The molecule has 2 aromatic heterocycles. The first kappa shape index (κ1) is 24.0. The van der Waals surface area contributed by atoms with E-state index in [2.05, 4.69) is 15.6 Å². The minimum absolute atomic E-state index is 0.00914. The summed E-state index contributed by atoms with van der Waals surface area (Å²) >= 11 is 0. The van der Waals surface area contributed by atoms with Crippen LogP contribution in [0.25, 0.3) is 0 Å². The molecule has 2 heterocycles. The van der Waals surface area contributed by atoms with Crippen molar-refractivity contribution in [3.8, 4) is 0 Å². The summed E-state index contributed by atoms with van der Waals surface area (Å²) in [6, 6.07) is 5.22. The summed E-state index contributed by atoms with van der Waals surface area (Å²) in [5, 5.41) is 5.46. The molecular formula is C23H28N4O6. The molecule has 0 aliphatic heterocycles. The summed E-state index contributed by atoms with van der Waals surface area (Å²) in [6.07, 6.45) is 8.13. The van der Waals surface area contributed by atoms with Gasteiger partial charge in [0.05, 0.1) is 19.4 Å². The summed E-state index contributed by atoms with van der Waals surface area (Å²) in [4.78, 5) is 56.2. The molecule has 0 aromatic carbocycles. The average molecular weight is 456 g/mol. The SMILES string of the molecule is CCOC(=O)CN(C(=O)CNC(=O)c1ccco1)[C@@H](C(=O)NC1CCCC1)c1cccnc1. The minimum Gasteiger partial charge on any atom is -0.465 e. The van der Waals surface area contributed by atoms with Gasteiger partial charge in [-0.25, -0.2) is 0 Å². The van der Waals surface area contributed by atoms with E-state index in [1.54, 1.807) is 31.3 Å². The van der Waals surface area contributed by atoms with Gasteiger partial charge in [-0.3, -0.25) is 24.2 Å². The van der Waals surface area contributed by atoms with E-state index < -0.39 is 42.8 Å². The first-order valence-corrected chi connectivity index (χ1v) is 11.0. The zero-order chi connectivity index (χ0) is 23.6. The number of esters is 1. The van der Waals surface area contributed by atoms with Gasteiger partial charge in [-0.1, -0.05) is 18.9 Å². The molecule has 1 saturated carbocycles. The second kappa shape index (κ2) is 11.8. The van der Waals surface area contributed by atoms with Crippen molar-refractivity contribution in [2.45, 2.75) is 44.7 Å². The lowest BCUT2D eigenvalue weighted by Crippen LogP contribution is -2.50. The molecule has 3 rings (SSSR count). The highest BCUT2D eigenvalue weighted by atomic mass is 16.5. The van der Waals surface area contributed by atoms with Crippen molar-refractivity contribution in [2.24, 2.45) is 0 Å². The van der Waals surface area contributed by atoms with Gasteiger partial charge in [-0.2, -0.15) is 0 Å². The summed E-state index contributed by atoms with van der Waals surface area (Å²) < 4.78 is 10.1. The van der Waals surface area contributed by atoms with E-state index in [1.165, 1.54) is 18.5 Å². The van der Waals surface area contributed by atoms with Crippen LogP contribution in [0.2, 0.25) is 0 Å². The molecule has 1 aliphatic carbocycles. The van der Waals surface area contributed by atoms with Crippen molar-refractivity contribution in [3.05, 3.63) is 54.2 Å². The van der Waals surface area contributed by atoms with Crippen LogP contribution < -0.4 is 10.6 Å². The Labute approximate surface area is 191 Å². The van der Waals surface area contributed by atoms with Crippen LogP contribution in [0.1, 0.15) is 54.8 Å². The average Bonchev–Trinajstić information content (AvgIpc) is 3.52. The number of carbonyl (C=O) groups is 4. The molecule has 10 heteroatoms. The molecule has 0 radical (unpaired) electrons. The predicted octanol–water partition coefficient (Wildman–Crippen LogP) is 1.60. The molecule has 176 valence electrons. The number of pyridine rings is 1. The van der Waals surface area contributed by atoms with Gasteiger partial charge >= 0.3 is 5.97 Å². The molecule has 1 atom stereocenters. The zero-order valence-corrected chi connectivity index (χ0v) is 18.5. The molecule has 10 nitrogen and oxygen atoms in total. The molecule has 0 unspecified atom stereocenters. The van der Waals surface area contributed by atoms with Gasteiger partial charge in [0.25, 0.3) is 5.91 Å². The van der Waals surface area contributed by atoms with E-state index in [1.807, 2.05) is 0 Å². The number of carbonyl (C=O) groups excluding carboxylic acids is 4. The fraction of sp³-hybridized carbons (Fsp3) is 0.435. The number of ether oxygens (including phenoxy) is 1. The van der Waals surface area contributed by atoms with Crippen LogP contribution in [-0.4, -0.2) is 59.3 Å². The summed E-state index contributed by atoms with van der Waals surface area (Å²) in [5.41, 5.74) is 0.447. The third kappa shape index (κ3) is 6.64. The van der Waals surface area contributed by atoms with Crippen molar-refractivity contribution in [2.75, 3.05) is 19.7 Å². The minimum atomic E-state index is -1.11. The lowest BCUT2D eigenvalue weighted by atomic mass is 10.1. The Hall–Kier alpha value is -3.69. The molecule has 0 saturated heterocycles. The van der Waals surface area contributed by atoms with Crippen molar-refractivity contribution in [1.29, 1.82) is 0 Å². The van der Waals surface area contributed by atoms with Gasteiger partial charge in [0.15, 0.2) is 5.76 Å². The van der Waals surface area contributed by atoms with Crippen LogP contribution in [-0.2, 0) is 19.1 Å². The standard InChI is InChI=1S/C23H28N4O6/c1-2-32-20(29)15-27(19(28)14-25-22(30)18-10-6-12-33-18)21(16-7-5-11-24-13-16)23(31)26-17-8-3-4-9-17/h5-7,10-13,17,21H,2-4,8-9,14-15H2,1H3,(H,25,30)(H,26,31)/t21-/m1/s1. The smallest absolute Gasteiger partial charge is 0.325 e. The molecule has 33 heavy (non-hydrogen) atoms. The normalized spacial score (nSPS) is 14.3. The van der Waals surface area contributed by atoms with E-state index in [0.29, 0.717) is 5.56 Å². The van der Waals surface area contributed by atoms with Crippen molar-refractivity contribution >= 4 is 23.7 Å². The Balaban J connectivity index is 1.83. The molecule has 2 N–H and O–H groups in total. The topological polar surface area (TPSA) is 131 Å². The first-order valence-electron chi connectivity index (χ1n) is 11.0. The quantitative estimate of drug-likeness (QED) is 0.519. The van der Waals surface area contributed by atoms with E-state index in [-0.39, 0.29) is 18.4 Å². The molecule has 0 bridgehead atoms. The fourth-order valence-corrected chi connectivity index (χ4v) is 3.78. The molecule has 3 amide bonds. The highest BCUT2D eigenvalue weighted by Crippen LogP contribution is 2.24. The molecule has 1 aliphatic rings. The predicted molar refractivity (Wildman–Crippen MR) is 117 cm³/mol. The van der Waals surface area contributed by atoms with Gasteiger partial charge in [0.1, 0.15) is 12.6 Å². The Morgan fingerprint density at radius 2 is 2.00 bits per heavy atom. The number of rotatable bonds is 10. The Morgan fingerprint density at radius 1 is 1.21 bits per heavy atom. The van der Waals surface area contributed by atoms with Crippen molar-refractivity contribution < 1.29 is 28.3 Å². The van der Waals surface area contributed by atoms with Gasteiger partial charge in [0, 0.05) is 24.0 Å². The third-order valence-electron chi connectivity index (χ3n) is 5.33. The molecular weight excluding hydrogens is 428 g/mol. The van der Waals surface area contributed by atoms with E-state index >= 15 is 0 Å². The maximum Gasteiger partial charge on any atom is 0.325 e. The van der Waals surface area contributed by atoms with E-state index in [0.717, 1.165) is 30.6 Å².